The maximum absolute atomic E-state index is 5.61. The van der Waals surface area contributed by atoms with Gasteiger partial charge in [-0.05, 0) is 0 Å². The minimum atomic E-state index is -0.0648. The second-order valence-electron chi connectivity index (χ2n) is 5.55. The Balaban J connectivity index is 1.80. The van der Waals surface area contributed by atoms with Crippen LogP contribution in [0, 0.1) is 0 Å². The minimum absolute atomic E-state index is 0.0648. The van der Waals surface area contributed by atoms with Crippen molar-refractivity contribution in [1.82, 2.24) is 17.5 Å². The quantitative estimate of drug-likeness (QED) is 0.451. The molecule has 0 aliphatic rings. The summed E-state index contributed by atoms with van der Waals surface area (Å²) in [5.41, 5.74) is 5.03. The normalized spacial score (nSPS) is 11.5. The summed E-state index contributed by atoms with van der Waals surface area (Å²) in [6, 6.07) is 18.3. The average Bonchev–Trinajstić information content (AvgIpc) is 3.35. The first kappa shape index (κ1) is 13.7. The fraction of sp³-hybridized carbons (Fsp3) is 0.0556. The third-order valence-corrected chi connectivity index (χ3v) is 5.21. The fourth-order valence-corrected chi connectivity index (χ4v) is 4.08. The Labute approximate surface area is 143 Å². The molecule has 3 heterocycles. The molecule has 2 aromatic carbocycles. The van der Waals surface area contributed by atoms with E-state index in [1.165, 1.54) is 5.56 Å². The van der Waals surface area contributed by atoms with E-state index < -0.39 is 0 Å². The van der Waals surface area contributed by atoms with Crippen molar-refractivity contribution in [2.75, 3.05) is 0 Å². The summed E-state index contributed by atoms with van der Waals surface area (Å²) in [5, 5.41) is 0. The van der Waals surface area contributed by atoms with E-state index in [0.29, 0.717) is 0 Å². The van der Waals surface area contributed by atoms with Crippen LogP contribution in [0.25, 0.3) is 33.7 Å². The third-order valence-electron chi connectivity index (χ3n) is 4.07. The van der Waals surface area contributed by atoms with E-state index in [1.807, 2.05) is 24.3 Å². The first-order chi connectivity index (χ1) is 11.9. The van der Waals surface area contributed by atoms with E-state index >= 15 is 0 Å². The van der Waals surface area contributed by atoms with E-state index in [4.69, 9.17) is 9.40 Å². The van der Waals surface area contributed by atoms with Crippen molar-refractivity contribution in [3.8, 4) is 11.6 Å². The molecule has 5 rings (SSSR count). The van der Waals surface area contributed by atoms with Crippen LogP contribution in [0.15, 0.2) is 65.3 Å². The summed E-state index contributed by atoms with van der Waals surface area (Å²) in [6.07, 6.45) is 1.68. The molecule has 116 valence electrons. The van der Waals surface area contributed by atoms with Crippen molar-refractivity contribution in [3.05, 3.63) is 66.4 Å². The zero-order valence-corrected chi connectivity index (χ0v) is 14.3. The van der Waals surface area contributed by atoms with Gasteiger partial charge in [0.1, 0.15) is 0 Å². The number of hydrogen-bond donors (Lipinski definition) is 0. The number of furan rings is 1. The van der Waals surface area contributed by atoms with E-state index in [-0.39, 0.29) is 15.0 Å². The zero-order valence-electron chi connectivity index (χ0n) is 12.6. The molecule has 0 fully saturated rings. The van der Waals surface area contributed by atoms with Gasteiger partial charge in [-0.1, -0.05) is 0 Å². The van der Waals surface area contributed by atoms with Gasteiger partial charge in [-0.2, -0.15) is 0 Å². The molecule has 0 spiro atoms. The molecule has 0 aliphatic heterocycles. The van der Waals surface area contributed by atoms with Crippen LogP contribution >= 0.6 is 0 Å². The van der Waals surface area contributed by atoms with Crippen molar-refractivity contribution in [2.45, 2.75) is 6.54 Å². The number of rotatable bonds is 3. The summed E-state index contributed by atoms with van der Waals surface area (Å²) in [6.45, 7) is 0.731. The second kappa shape index (κ2) is 5.44. The Hall–Kier alpha value is -2.69. The fourth-order valence-electron chi connectivity index (χ4n) is 2.96. The van der Waals surface area contributed by atoms with Crippen molar-refractivity contribution in [1.29, 1.82) is 0 Å². The number of nitrogens with zero attached hydrogens (tertiary/aromatic N) is 4. The Morgan fingerprint density at radius 3 is 2.67 bits per heavy atom. The van der Waals surface area contributed by atoms with E-state index in [2.05, 4.69) is 42.9 Å². The van der Waals surface area contributed by atoms with Gasteiger partial charge >= 0.3 is 144 Å². The molecule has 24 heavy (non-hydrogen) atoms. The predicted molar refractivity (Wildman–Crippen MR) is 93.0 cm³/mol. The molecule has 0 saturated heterocycles. The molecule has 0 aliphatic carbocycles. The van der Waals surface area contributed by atoms with Gasteiger partial charge in [-0.25, -0.2) is 0 Å². The van der Waals surface area contributed by atoms with E-state index in [9.17, 15) is 0 Å². The van der Waals surface area contributed by atoms with Gasteiger partial charge in [0.15, 0.2) is 0 Å². The molecule has 0 amide bonds. The predicted octanol–water partition coefficient (Wildman–Crippen LogP) is 3.34. The third kappa shape index (κ3) is 2.12. The number of imidazole rings is 1. The molecular formula is C18H12N4OSe. The second-order valence-corrected chi connectivity index (χ2v) is 6.66. The van der Waals surface area contributed by atoms with Gasteiger partial charge < -0.3 is 0 Å². The molecule has 0 radical (unpaired) electrons. The van der Waals surface area contributed by atoms with Crippen LogP contribution in [0.1, 0.15) is 5.56 Å². The van der Waals surface area contributed by atoms with Crippen LogP contribution in [0.4, 0.5) is 0 Å². The van der Waals surface area contributed by atoms with Gasteiger partial charge in [0.05, 0.1) is 0 Å². The zero-order chi connectivity index (χ0) is 15.9. The topological polar surface area (TPSA) is 56.7 Å². The number of fused-ring (bicyclic) bond motifs is 3. The van der Waals surface area contributed by atoms with Crippen molar-refractivity contribution >= 4 is 37.0 Å². The van der Waals surface area contributed by atoms with Gasteiger partial charge in [0.25, 0.3) is 0 Å². The number of hydrogen-bond acceptors (Lipinski definition) is 4. The standard InChI is InChI=1S/C18H12N4OSe/c1-2-5-12(6-3-1)11-22-14-9-8-13-16(21-24-20-13)17(14)19-18(22)15-7-4-10-23-15/h1-10H,11H2. The number of benzene rings is 2. The maximum atomic E-state index is 5.61. The monoisotopic (exact) mass is 380 g/mol. The SMILES string of the molecule is c1ccc(Cn2c(-c3ccco3)nc3c4n[se]nc4ccc32)cc1. The molecule has 3 aromatic heterocycles. The van der Waals surface area contributed by atoms with E-state index in [1.54, 1.807) is 6.26 Å². The molecular weight excluding hydrogens is 367 g/mol. The first-order valence-corrected chi connectivity index (χ1v) is 9.13. The molecule has 5 aromatic rings. The molecule has 0 saturated carbocycles. The van der Waals surface area contributed by atoms with Gasteiger partial charge in [0.2, 0.25) is 0 Å². The Morgan fingerprint density at radius 1 is 0.917 bits per heavy atom. The first-order valence-electron chi connectivity index (χ1n) is 7.59. The summed E-state index contributed by atoms with van der Waals surface area (Å²) in [5.74, 6) is 1.58. The summed E-state index contributed by atoms with van der Waals surface area (Å²) < 4.78 is 16.8. The van der Waals surface area contributed by atoms with Crippen LogP contribution in [-0.4, -0.2) is 32.5 Å². The summed E-state index contributed by atoms with van der Waals surface area (Å²) >= 11 is -0.0648. The van der Waals surface area contributed by atoms with Crippen molar-refractivity contribution in [2.24, 2.45) is 0 Å². The van der Waals surface area contributed by atoms with Gasteiger partial charge in [-0.15, -0.1) is 0 Å². The van der Waals surface area contributed by atoms with Gasteiger partial charge in [-0.3, -0.25) is 0 Å². The molecule has 5 nitrogen and oxygen atoms in total. The van der Waals surface area contributed by atoms with Gasteiger partial charge in [0, 0.05) is 0 Å². The van der Waals surface area contributed by atoms with Crippen molar-refractivity contribution in [3.63, 3.8) is 0 Å². The number of aromatic nitrogens is 4. The summed E-state index contributed by atoms with van der Waals surface area (Å²) in [7, 11) is 0. The molecule has 0 N–H and O–H groups in total. The Morgan fingerprint density at radius 2 is 1.83 bits per heavy atom. The van der Waals surface area contributed by atoms with Crippen LogP contribution in [0.3, 0.4) is 0 Å². The van der Waals surface area contributed by atoms with Crippen LogP contribution in [0.5, 0.6) is 0 Å². The summed E-state index contributed by atoms with van der Waals surface area (Å²) in [4.78, 5) is 4.85. The van der Waals surface area contributed by atoms with E-state index in [0.717, 1.165) is 40.2 Å². The van der Waals surface area contributed by atoms with Crippen molar-refractivity contribution < 1.29 is 4.42 Å². The van der Waals surface area contributed by atoms with Crippen LogP contribution in [0.2, 0.25) is 0 Å². The molecule has 0 atom stereocenters. The van der Waals surface area contributed by atoms with Crippen LogP contribution < -0.4 is 0 Å². The molecule has 6 heteroatoms. The Bertz CT molecular complexity index is 1130. The molecule has 0 bridgehead atoms. The molecule has 0 unspecified atom stereocenters. The Kier molecular flexibility index (Phi) is 3.11. The van der Waals surface area contributed by atoms with Crippen LogP contribution in [-0.2, 0) is 6.54 Å². The average molecular weight is 379 g/mol.